The Bertz CT molecular complexity index is 699. The van der Waals surface area contributed by atoms with E-state index < -0.39 is 10.0 Å². The van der Waals surface area contributed by atoms with E-state index in [1.807, 2.05) is 7.05 Å². The molecule has 3 rings (SSSR count). The number of rotatable bonds is 4. The first-order valence-corrected chi connectivity index (χ1v) is 10.1. The lowest BCUT2D eigenvalue weighted by Gasteiger charge is -2.31. The predicted octanol–water partition coefficient (Wildman–Crippen LogP) is 0.532. The van der Waals surface area contributed by atoms with Gasteiger partial charge in [0.25, 0.3) is 5.91 Å². The molecule has 1 unspecified atom stereocenters. The molecule has 1 aromatic rings. The highest BCUT2D eigenvalue weighted by molar-refractivity contribution is 7.89. The largest absolute Gasteiger partial charge is 0.378 e. The van der Waals surface area contributed by atoms with E-state index >= 15 is 0 Å². The summed E-state index contributed by atoms with van der Waals surface area (Å²) in [6.45, 7) is 3.23. The van der Waals surface area contributed by atoms with Gasteiger partial charge in [-0.3, -0.25) is 4.79 Å². The average molecular weight is 367 g/mol. The van der Waals surface area contributed by atoms with Crippen molar-refractivity contribution in [1.29, 1.82) is 0 Å². The highest BCUT2D eigenvalue weighted by Gasteiger charge is 2.30. The number of nitrogens with zero attached hydrogens (tertiary/aromatic N) is 2. The van der Waals surface area contributed by atoms with Crippen LogP contribution in [0.5, 0.6) is 0 Å². The lowest BCUT2D eigenvalue weighted by Crippen LogP contribution is -2.46. The summed E-state index contributed by atoms with van der Waals surface area (Å²) in [6, 6.07) is 6.46. The monoisotopic (exact) mass is 367 g/mol. The third kappa shape index (κ3) is 4.03. The molecule has 2 saturated heterocycles. The average Bonchev–Trinajstić information content (AvgIpc) is 2.68. The molecule has 138 valence electrons. The number of hydrogen-bond acceptors (Lipinski definition) is 5. The van der Waals surface area contributed by atoms with Gasteiger partial charge in [-0.25, -0.2) is 8.42 Å². The third-order valence-corrected chi connectivity index (χ3v) is 6.71. The van der Waals surface area contributed by atoms with Crippen molar-refractivity contribution in [3.8, 4) is 0 Å². The van der Waals surface area contributed by atoms with Gasteiger partial charge in [0, 0.05) is 37.8 Å². The second-order valence-corrected chi connectivity index (χ2v) is 8.36. The van der Waals surface area contributed by atoms with Crippen molar-refractivity contribution in [3.05, 3.63) is 29.8 Å². The van der Waals surface area contributed by atoms with E-state index in [1.54, 1.807) is 17.0 Å². The molecule has 0 saturated carbocycles. The summed E-state index contributed by atoms with van der Waals surface area (Å²) in [6.07, 6.45) is 1.83. The van der Waals surface area contributed by atoms with Gasteiger partial charge in [-0.05, 0) is 44.2 Å². The third-order valence-electron chi connectivity index (χ3n) is 4.83. The van der Waals surface area contributed by atoms with Gasteiger partial charge >= 0.3 is 0 Å². The van der Waals surface area contributed by atoms with E-state index in [2.05, 4.69) is 5.32 Å². The number of likely N-dealkylation sites (N-methyl/N-ethyl adjacent to an activating group) is 1. The van der Waals surface area contributed by atoms with Crippen LogP contribution in [0.3, 0.4) is 0 Å². The number of ether oxygens (including phenoxy) is 1. The standard InChI is InChI=1S/C17H25N3O4S/c1-18-15-3-2-8-20(13-15)25(22,23)16-6-4-14(5-7-16)17(21)19-9-11-24-12-10-19/h4-7,15,18H,2-3,8-13H2,1H3. The summed E-state index contributed by atoms with van der Waals surface area (Å²) < 4.78 is 32.4. The van der Waals surface area contributed by atoms with Gasteiger partial charge in [0.05, 0.1) is 18.1 Å². The van der Waals surface area contributed by atoms with Crippen LogP contribution in [0.4, 0.5) is 0 Å². The fourth-order valence-electron chi connectivity index (χ4n) is 3.26. The Balaban J connectivity index is 1.73. The van der Waals surface area contributed by atoms with Crippen LogP contribution in [0.1, 0.15) is 23.2 Å². The van der Waals surface area contributed by atoms with Gasteiger partial charge < -0.3 is 15.0 Å². The Hall–Kier alpha value is -1.48. The van der Waals surface area contributed by atoms with E-state index in [0.717, 1.165) is 12.8 Å². The second kappa shape index (κ2) is 7.82. The van der Waals surface area contributed by atoms with Crippen LogP contribution in [0, 0.1) is 0 Å². The predicted molar refractivity (Wildman–Crippen MR) is 94.0 cm³/mol. The first-order valence-electron chi connectivity index (χ1n) is 8.67. The summed E-state index contributed by atoms with van der Waals surface area (Å²) in [5.74, 6) is -0.0829. The molecule has 2 aliphatic rings. The summed E-state index contributed by atoms with van der Waals surface area (Å²) in [7, 11) is -1.67. The Morgan fingerprint density at radius 2 is 1.84 bits per heavy atom. The van der Waals surface area contributed by atoms with Gasteiger partial charge in [-0.15, -0.1) is 0 Å². The van der Waals surface area contributed by atoms with E-state index in [0.29, 0.717) is 45.0 Å². The molecule has 0 bridgehead atoms. The van der Waals surface area contributed by atoms with Crippen LogP contribution in [0.2, 0.25) is 0 Å². The Kier molecular flexibility index (Phi) is 5.73. The van der Waals surface area contributed by atoms with Crippen molar-refractivity contribution in [2.24, 2.45) is 0 Å². The van der Waals surface area contributed by atoms with Gasteiger partial charge in [-0.2, -0.15) is 4.31 Å². The molecule has 7 nitrogen and oxygen atoms in total. The summed E-state index contributed by atoms with van der Waals surface area (Å²) in [5.41, 5.74) is 0.507. The molecule has 1 atom stereocenters. The number of sulfonamides is 1. The van der Waals surface area contributed by atoms with Gasteiger partial charge in [0.15, 0.2) is 0 Å². The number of hydrogen-bond donors (Lipinski definition) is 1. The number of piperidine rings is 1. The molecule has 2 heterocycles. The zero-order valence-electron chi connectivity index (χ0n) is 14.5. The topological polar surface area (TPSA) is 79.0 Å². The fourth-order valence-corrected chi connectivity index (χ4v) is 4.79. The zero-order valence-corrected chi connectivity index (χ0v) is 15.3. The molecule has 0 spiro atoms. The number of benzene rings is 1. The number of amides is 1. The normalized spacial score (nSPS) is 22.8. The van der Waals surface area contributed by atoms with E-state index in [-0.39, 0.29) is 16.8 Å². The smallest absolute Gasteiger partial charge is 0.254 e. The first kappa shape index (κ1) is 18.3. The SMILES string of the molecule is CNC1CCCN(S(=O)(=O)c2ccc(C(=O)N3CCOCC3)cc2)C1. The summed E-state index contributed by atoms with van der Waals surface area (Å²) in [5, 5.41) is 3.15. The van der Waals surface area contributed by atoms with Crippen LogP contribution in [0.25, 0.3) is 0 Å². The minimum Gasteiger partial charge on any atom is -0.378 e. The van der Waals surface area contributed by atoms with Gasteiger partial charge in [0.1, 0.15) is 0 Å². The van der Waals surface area contributed by atoms with E-state index in [9.17, 15) is 13.2 Å². The van der Waals surface area contributed by atoms with Crippen molar-refractivity contribution in [2.75, 3.05) is 46.4 Å². The van der Waals surface area contributed by atoms with Crippen LogP contribution in [0.15, 0.2) is 29.2 Å². The molecule has 2 aliphatic heterocycles. The Morgan fingerprint density at radius 3 is 2.48 bits per heavy atom. The number of carbonyl (C=O) groups excluding carboxylic acids is 1. The van der Waals surface area contributed by atoms with E-state index in [1.165, 1.54) is 16.4 Å². The highest BCUT2D eigenvalue weighted by Crippen LogP contribution is 2.21. The molecule has 1 N–H and O–H groups in total. The molecule has 0 radical (unpaired) electrons. The molecule has 0 aromatic heterocycles. The van der Waals surface area contributed by atoms with Crippen molar-refractivity contribution in [1.82, 2.24) is 14.5 Å². The summed E-state index contributed by atoms with van der Waals surface area (Å²) in [4.78, 5) is 14.4. The maximum absolute atomic E-state index is 12.8. The van der Waals surface area contributed by atoms with Crippen LogP contribution in [-0.4, -0.2) is 76.0 Å². The Labute approximate surface area is 149 Å². The first-order chi connectivity index (χ1) is 12.0. The molecule has 1 amide bonds. The number of carbonyl (C=O) groups is 1. The number of nitrogens with one attached hydrogen (secondary N) is 1. The second-order valence-electron chi connectivity index (χ2n) is 6.42. The molecule has 8 heteroatoms. The maximum Gasteiger partial charge on any atom is 0.254 e. The highest BCUT2D eigenvalue weighted by atomic mass is 32.2. The summed E-state index contributed by atoms with van der Waals surface area (Å²) >= 11 is 0. The van der Waals surface area contributed by atoms with Crippen molar-refractivity contribution < 1.29 is 17.9 Å². The molecule has 1 aromatic carbocycles. The van der Waals surface area contributed by atoms with Crippen molar-refractivity contribution in [3.63, 3.8) is 0 Å². The lowest BCUT2D eigenvalue weighted by atomic mass is 10.1. The van der Waals surface area contributed by atoms with Crippen LogP contribution >= 0.6 is 0 Å². The number of morpholine rings is 1. The fraction of sp³-hybridized carbons (Fsp3) is 0.588. The minimum atomic E-state index is -3.52. The van der Waals surface area contributed by atoms with Crippen LogP contribution < -0.4 is 5.32 Å². The lowest BCUT2D eigenvalue weighted by molar-refractivity contribution is 0.0303. The molecule has 0 aliphatic carbocycles. The Morgan fingerprint density at radius 1 is 1.16 bits per heavy atom. The molecular weight excluding hydrogens is 342 g/mol. The van der Waals surface area contributed by atoms with Gasteiger partial charge in [0.2, 0.25) is 10.0 Å². The van der Waals surface area contributed by atoms with Crippen LogP contribution in [-0.2, 0) is 14.8 Å². The van der Waals surface area contributed by atoms with E-state index in [4.69, 9.17) is 4.74 Å². The maximum atomic E-state index is 12.8. The van der Waals surface area contributed by atoms with Crippen molar-refractivity contribution in [2.45, 2.75) is 23.8 Å². The zero-order chi connectivity index (χ0) is 17.9. The quantitative estimate of drug-likeness (QED) is 0.840. The molecule has 25 heavy (non-hydrogen) atoms. The van der Waals surface area contributed by atoms with Gasteiger partial charge in [-0.1, -0.05) is 0 Å². The van der Waals surface area contributed by atoms with Crippen molar-refractivity contribution >= 4 is 15.9 Å². The minimum absolute atomic E-state index is 0.0829. The molecule has 2 fully saturated rings. The molecular formula is C17H25N3O4S.